The van der Waals surface area contributed by atoms with E-state index >= 15 is 0 Å². The van der Waals surface area contributed by atoms with Gasteiger partial charge < -0.3 is 9.29 Å². The Morgan fingerprint density at radius 3 is 2.73 bits per heavy atom. The van der Waals surface area contributed by atoms with E-state index in [2.05, 4.69) is 0 Å². The molecule has 1 heterocycles. The molecule has 118 valence electrons. The van der Waals surface area contributed by atoms with Gasteiger partial charge >= 0.3 is 0 Å². The van der Waals surface area contributed by atoms with Crippen LogP contribution in [-0.4, -0.2) is 47.5 Å². The number of rotatable bonds is 5. The molecule has 0 saturated carbocycles. The van der Waals surface area contributed by atoms with E-state index in [1.165, 1.54) is 7.11 Å². The van der Waals surface area contributed by atoms with Gasteiger partial charge in [-0.25, -0.2) is 8.42 Å². The van der Waals surface area contributed by atoms with Crippen LogP contribution >= 0.6 is 24.0 Å². The lowest BCUT2D eigenvalue weighted by molar-refractivity contribution is -0.121. The van der Waals surface area contributed by atoms with Gasteiger partial charge in [-0.2, -0.15) is 0 Å². The second-order valence-electron chi connectivity index (χ2n) is 4.34. The molecule has 0 spiro atoms. The number of amides is 1. The molecule has 1 aromatic rings. The average Bonchev–Trinajstić information content (AvgIpc) is 2.71. The molecule has 22 heavy (non-hydrogen) atoms. The highest BCUT2D eigenvalue weighted by atomic mass is 32.2. The zero-order valence-electron chi connectivity index (χ0n) is 11.5. The number of para-hydroxylation sites is 1. The van der Waals surface area contributed by atoms with E-state index in [0.717, 1.165) is 16.7 Å². The van der Waals surface area contributed by atoms with E-state index < -0.39 is 21.8 Å². The van der Waals surface area contributed by atoms with E-state index in [0.29, 0.717) is 16.2 Å². The smallest absolute Gasteiger partial charge is 0.266 e. The van der Waals surface area contributed by atoms with Gasteiger partial charge in [0.2, 0.25) is 0 Å². The van der Waals surface area contributed by atoms with Crippen molar-refractivity contribution in [1.29, 1.82) is 0 Å². The molecule has 1 aliphatic heterocycles. The zero-order chi connectivity index (χ0) is 16.3. The number of methoxy groups -OCH3 is 1. The lowest BCUT2D eigenvalue weighted by Gasteiger charge is -2.15. The van der Waals surface area contributed by atoms with Crippen LogP contribution in [0.25, 0.3) is 6.08 Å². The Balaban J connectivity index is 2.22. The monoisotopic (exact) mass is 358 g/mol. The Morgan fingerprint density at radius 2 is 2.09 bits per heavy atom. The molecule has 1 saturated heterocycles. The Hall–Kier alpha value is -1.42. The number of nitrogens with zero attached hydrogens (tertiary/aromatic N) is 1. The number of benzene rings is 1. The molecule has 1 fully saturated rings. The van der Waals surface area contributed by atoms with Crippen molar-refractivity contribution in [3.8, 4) is 5.75 Å². The molecule has 0 bridgehead atoms. The molecular formula is C13H12NO5S3-. The Labute approximate surface area is 137 Å². The normalized spacial score (nSPS) is 17.4. The third-order valence-electron chi connectivity index (χ3n) is 2.86. The Morgan fingerprint density at radius 1 is 1.41 bits per heavy atom. The van der Waals surface area contributed by atoms with Gasteiger partial charge in [0.1, 0.15) is 10.1 Å². The fraction of sp³-hybridized carbons (Fsp3) is 0.231. The highest BCUT2D eigenvalue weighted by molar-refractivity contribution is 8.26. The SMILES string of the molecule is COc1ccccc1/C=C1\SC(=S)N(CCS(=O)(=O)[O-])C1=O. The Kier molecular flexibility index (Phi) is 5.22. The summed E-state index contributed by atoms with van der Waals surface area (Å²) in [4.78, 5) is 13.7. The van der Waals surface area contributed by atoms with Gasteiger partial charge in [-0.3, -0.25) is 9.69 Å². The quantitative estimate of drug-likeness (QED) is 0.447. The maximum absolute atomic E-state index is 12.2. The predicted octanol–water partition coefficient (Wildman–Crippen LogP) is 1.44. The molecule has 1 amide bonds. The summed E-state index contributed by atoms with van der Waals surface area (Å²) in [6.07, 6.45) is 1.63. The summed E-state index contributed by atoms with van der Waals surface area (Å²) >= 11 is 6.12. The van der Waals surface area contributed by atoms with Crippen molar-refractivity contribution < 1.29 is 22.5 Å². The van der Waals surface area contributed by atoms with Crippen LogP contribution in [0.3, 0.4) is 0 Å². The number of thioether (sulfide) groups is 1. The fourth-order valence-corrected chi connectivity index (χ4v) is 3.53. The van der Waals surface area contributed by atoms with Crippen molar-refractivity contribution in [2.45, 2.75) is 0 Å². The third kappa shape index (κ3) is 4.07. The number of hydrogen-bond donors (Lipinski definition) is 0. The van der Waals surface area contributed by atoms with Crippen molar-refractivity contribution in [3.05, 3.63) is 34.7 Å². The highest BCUT2D eigenvalue weighted by Crippen LogP contribution is 2.34. The first-order valence-electron chi connectivity index (χ1n) is 6.14. The summed E-state index contributed by atoms with van der Waals surface area (Å²) in [6.45, 7) is -0.236. The van der Waals surface area contributed by atoms with E-state index in [9.17, 15) is 17.8 Å². The van der Waals surface area contributed by atoms with Crippen LogP contribution in [-0.2, 0) is 14.9 Å². The van der Waals surface area contributed by atoms with Crippen molar-refractivity contribution in [3.63, 3.8) is 0 Å². The van der Waals surface area contributed by atoms with Gasteiger partial charge in [-0.15, -0.1) is 0 Å². The molecule has 0 aromatic heterocycles. The van der Waals surface area contributed by atoms with Crippen LogP contribution in [0.1, 0.15) is 5.56 Å². The summed E-state index contributed by atoms with van der Waals surface area (Å²) in [5.74, 6) is -0.471. The second kappa shape index (κ2) is 6.78. The molecule has 0 aliphatic carbocycles. The molecular weight excluding hydrogens is 346 g/mol. The molecule has 2 rings (SSSR count). The van der Waals surface area contributed by atoms with Crippen molar-refractivity contribution in [2.24, 2.45) is 0 Å². The lowest BCUT2D eigenvalue weighted by atomic mass is 10.2. The first-order valence-corrected chi connectivity index (χ1v) is 8.94. The van der Waals surface area contributed by atoms with Crippen LogP contribution in [0.5, 0.6) is 5.75 Å². The topological polar surface area (TPSA) is 86.7 Å². The molecule has 0 radical (unpaired) electrons. The van der Waals surface area contributed by atoms with Crippen LogP contribution in [0.4, 0.5) is 0 Å². The van der Waals surface area contributed by atoms with Crippen LogP contribution < -0.4 is 4.74 Å². The molecule has 9 heteroatoms. The van der Waals surface area contributed by atoms with Gasteiger partial charge in [-0.05, 0) is 12.1 Å². The van der Waals surface area contributed by atoms with Gasteiger partial charge in [0.05, 0.1) is 27.9 Å². The standard InChI is InChI=1S/C13H13NO5S3/c1-19-10-5-3-2-4-9(10)8-11-12(15)14(13(20)21-11)6-7-22(16,17)18/h2-5,8H,6-7H2,1H3,(H,16,17,18)/p-1/b11-8-. The van der Waals surface area contributed by atoms with Crippen molar-refractivity contribution >= 4 is 50.4 Å². The van der Waals surface area contributed by atoms with E-state index in [4.69, 9.17) is 17.0 Å². The first kappa shape index (κ1) is 16.9. The molecule has 6 nitrogen and oxygen atoms in total. The second-order valence-corrected chi connectivity index (χ2v) is 7.54. The van der Waals surface area contributed by atoms with E-state index in [1.54, 1.807) is 30.3 Å². The average molecular weight is 358 g/mol. The third-order valence-corrected chi connectivity index (χ3v) is 4.92. The number of carbonyl (C=O) groups excluding carboxylic acids is 1. The van der Waals surface area contributed by atoms with Gasteiger partial charge in [0, 0.05) is 12.1 Å². The maximum Gasteiger partial charge on any atom is 0.266 e. The highest BCUT2D eigenvalue weighted by Gasteiger charge is 2.32. The molecule has 1 aromatic carbocycles. The predicted molar refractivity (Wildman–Crippen MR) is 87.4 cm³/mol. The fourth-order valence-electron chi connectivity index (χ4n) is 1.82. The molecule has 0 N–H and O–H groups in total. The molecule has 0 atom stereocenters. The molecule has 0 unspecified atom stereocenters. The Bertz CT molecular complexity index is 742. The largest absolute Gasteiger partial charge is 0.748 e. The number of carbonyl (C=O) groups is 1. The minimum Gasteiger partial charge on any atom is -0.748 e. The van der Waals surface area contributed by atoms with Crippen LogP contribution in [0, 0.1) is 0 Å². The minimum absolute atomic E-state index is 0.231. The summed E-state index contributed by atoms with van der Waals surface area (Å²) < 4.78 is 37.5. The maximum atomic E-state index is 12.2. The summed E-state index contributed by atoms with van der Waals surface area (Å²) in [7, 11) is -2.87. The van der Waals surface area contributed by atoms with Crippen LogP contribution in [0.15, 0.2) is 29.2 Å². The van der Waals surface area contributed by atoms with Gasteiger partial charge in [0.15, 0.2) is 0 Å². The zero-order valence-corrected chi connectivity index (χ0v) is 14.0. The molecule has 1 aliphatic rings. The van der Waals surface area contributed by atoms with Crippen molar-refractivity contribution in [1.82, 2.24) is 4.90 Å². The number of hydrogen-bond acceptors (Lipinski definition) is 7. The number of thiocarbonyl (C=S) groups is 1. The van der Waals surface area contributed by atoms with Gasteiger partial charge in [-0.1, -0.05) is 42.2 Å². The van der Waals surface area contributed by atoms with Gasteiger partial charge in [0.25, 0.3) is 5.91 Å². The number of ether oxygens (including phenoxy) is 1. The minimum atomic E-state index is -4.40. The van der Waals surface area contributed by atoms with Crippen LogP contribution in [0.2, 0.25) is 0 Å². The van der Waals surface area contributed by atoms with E-state index in [-0.39, 0.29) is 10.9 Å². The van der Waals surface area contributed by atoms with Crippen molar-refractivity contribution in [2.75, 3.05) is 19.4 Å². The summed E-state index contributed by atoms with van der Waals surface area (Å²) in [5, 5.41) is 0. The summed E-state index contributed by atoms with van der Waals surface area (Å²) in [6, 6.07) is 7.16. The first-order chi connectivity index (χ1) is 10.3. The lowest BCUT2D eigenvalue weighted by Crippen LogP contribution is -2.32. The summed E-state index contributed by atoms with van der Waals surface area (Å²) in [5.41, 5.74) is 0.710. The van der Waals surface area contributed by atoms with E-state index in [1.807, 2.05) is 0 Å².